The molecule has 0 aromatic carbocycles. The molecule has 0 aliphatic rings. The van der Waals surface area contributed by atoms with Crippen LogP contribution in [-0.2, 0) is 4.74 Å². The SMILES string of the molecule is CN(CCNC(=O)c1occc1Br)C(=O)OC(C)(C)C. The minimum absolute atomic E-state index is 0.213. The lowest BCUT2D eigenvalue weighted by Crippen LogP contribution is -2.39. The molecule has 0 fully saturated rings. The molecule has 0 aliphatic carbocycles. The number of furan rings is 1. The van der Waals surface area contributed by atoms with Gasteiger partial charge in [-0.3, -0.25) is 4.79 Å². The molecular weight excluding hydrogens is 328 g/mol. The molecule has 0 unspecified atom stereocenters. The summed E-state index contributed by atoms with van der Waals surface area (Å²) in [5, 5.41) is 2.66. The smallest absolute Gasteiger partial charge is 0.410 e. The van der Waals surface area contributed by atoms with Crippen molar-refractivity contribution in [3.63, 3.8) is 0 Å². The zero-order valence-corrected chi connectivity index (χ0v) is 13.6. The largest absolute Gasteiger partial charge is 0.458 e. The van der Waals surface area contributed by atoms with Crippen LogP contribution in [0.4, 0.5) is 4.79 Å². The maximum Gasteiger partial charge on any atom is 0.410 e. The summed E-state index contributed by atoms with van der Waals surface area (Å²) in [5.41, 5.74) is -0.534. The summed E-state index contributed by atoms with van der Waals surface area (Å²) in [7, 11) is 1.61. The maximum atomic E-state index is 11.7. The summed E-state index contributed by atoms with van der Waals surface area (Å²) >= 11 is 3.20. The highest BCUT2D eigenvalue weighted by Gasteiger charge is 2.19. The lowest BCUT2D eigenvalue weighted by atomic mass is 10.2. The molecule has 20 heavy (non-hydrogen) atoms. The molecule has 0 saturated heterocycles. The van der Waals surface area contributed by atoms with Crippen LogP contribution in [0, 0.1) is 0 Å². The molecule has 6 nitrogen and oxygen atoms in total. The van der Waals surface area contributed by atoms with Crippen molar-refractivity contribution in [1.82, 2.24) is 10.2 Å². The Bertz CT molecular complexity index is 479. The molecular formula is C13H19BrN2O4. The van der Waals surface area contributed by atoms with Gasteiger partial charge in [0.2, 0.25) is 5.76 Å². The van der Waals surface area contributed by atoms with Crippen molar-refractivity contribution in [1.29, 1.82) is 0 Å². The predicted octanol–water partition coefficient (Wildman–Crippen LogP) is 2.64. The first kappa shape index (κ1) is 16.6. The first-order valence-corrected chi connectivity index (χ1v) is 6.95. The van der Waals surface area contributed by atoms with E-state index in [4.69, 9.17) is 9.15 Å². The van der Waals surface area contributed by atoms with Gasteiger partial charge >= 0.3 is 6.09 Å². The summed E-state index contributed by atoms with van der Waals surface area (Å²) in [6.07, 6.45) is 0.997. The Balaban J connectivity index is 2.35. The average Bonchev–Trinajstić information content (AvgIpc) is 2.72. The lowest BCUT2D eigenvalue weighted by Gasteiger charge is -2.24. The van der Waals surface area contributed by atoms with E-state index in [1.807, 2.05) is 0 Å². The number of amides is 2. The highest BCUT2D eigenvalue weighted by molar-refractivity contribution is 9.10. The first-order valence-electron chi connectivity index (χ1n) is 6.16. The quantitative estimate of drug-likeness (QED) is 0.909. The van der Waals surface area contributed by atoms with E-state index < -0.39 is 11.7 Å². The van der Waals surface area contributed by atoms with Crippen LogP contribution < -0.4 is 5.32 Å². The van der Waals surface area contributed by atoms with Gasteiger partial charge in [-0.25, -0.2) is 4.79 Å². The Morgan fingerprint density at radius 3 is 2.60 bits per heavy atom. The molecule has 1 rings (SSSR count). The van der Waals surface area contributed by atoms with Crippen molar-refractivity contribution in [2.75, 3.05) is 20.1 Å². The van der Waals surface area contributed by atoms with E-state index in [0.29, 0.717) is 17.6 Å². The van der Waals surface area contributed by atoms with Crippen LogP contribution in [0.3, 0.4) is 0 Å². The van der Waals surface area contributed by atoms with Gasteiger partial charge in [-0.2, -0.15) is 0 Å². The average molecular weight is 347 g/mol. The predicted molar refractivity (Wildman–Crippen MR) is 77.6 cm³/mol. The van der Waals surface area contributed by atoms with Gasteiger partial charge in [-0.05, 0) is 42.8 Å². The molecule has 0 atom stereocenters. The van der Waals surface area contributed by atoms with Crippen LogP contribution >= 0.6 is 15.9 Å². The van der Waals surface area contributed by atoms with E-state index in [0.717, 1.165) is 0 Å². The van der Waals surface area contributed by atoms with Gasteiger partial charge in [0.15, 0.2) is 0 Å². The zero-order valence-electron chi connectivity index (χ0n) is 12.0. The fourth-order valence-electron chi connectivity index (χ4n) is 1.30. The van der Waals surface area contributed by atoms with Crippen LogP contribution in [0.1, 0.15) is 31.3 Å². The fourth-order valence-corrected chi connectivity index (χ4v) is 1.69. The van der Waals surface area contributed by atoms with E-state index >= 15 is 0 Å². The number of hydrogen-bond acceptors (Lipinski definition) is 4. The molecule has 0 radical (unpaired) electrons. The lowest BCUT2D eigenvalue weighted by molar-refractivity contribution is 0.0299. The molecule has 1 aromatic rings. The second kappa shape index (κ2) is 6.78. The summed E-state index contributed by atoms with van der Waals surface area (Å²) in [4.78, 5) is 24.8. The number of carbonyl (C=O) groups is 2. The molecule has 0 spiro atoms. The molecule has 2 amide bonds. The zero-order chi connectivity index (χ0) is 15.3. The highest BCUT2D eigenvalue weighted by Crippen LogP contribution is 2.16. The number of halogens is 1. The van der Waals surface area contributed by atoms with Crippen molar-refractivity contribution in [2.45, 2.75) is 26.4 Å². The summed E-state index contributed by atoms with van der Waals surface area (Å²) in [6, 6.07) is 1.64. The van der Waals surface area contributed by atoms with Gasteiger partial charge < -0.3 is 19.4 Å². The summed E-state index contributed by atoms with van der Waals surface area (Å²) < 4.78 is 10.8. The van der Waals surface area contributed by atoms with Gasteiger partial charge in [0.25, 0.3) is 5.91 Å². The third-order valence-corrected chi connectivity index (χ3v) is 2.89. The van der Waals surface area contributed by atoms with Crippen molar-refractivity contribution in [3.05, 3.63) is 22.6 Å². The third kappa shape index (κ3) is 5.24. The highest BCUT2D eigenvalue weighted by atomic mass is 79.9. The van der Waals surface area contributed by atoms with Crippen molar-refractivity contribution in [2.24, 2.45) is 0 Å². The molecule has 0 aliphatic heterocycles. The molecule has 112 valence electrons. The van der Waals surface area contributed by atoms with Crippen molar-refractivity contribution < 1.29 is 18.7 Å². The molecule has 1 aromatic heterocycles. The van der Waals surface area contributed by atoms with E-state index in [1.54, 1.807) is 33.9 Å². The van der Waals surface area contributed by atoms with Crippen LogP contribution in [0.15, 0.2) is 21.2 Å². The number of nitrogens with one attached hydrogen (secondary N) is 1. The van der Waals surface area contributed by atoms with E-state index in [-0.39, 0.29) is 11.7 Å². The molecule has 0 saturated carbocycles. The number of likely N-dealkylation sites (N-methyl/N-ethyl adjacent to an activating group) is 1. The minimum Gasteiger partial charge on any atom is -0.458 e. The number of nitrogens with zero attached hydrogens (tertiary/aromatic N) is 1. The Morgan fingerprint density at radius 1 is 1.45 bits per heavy atom. The Kier molecular flexibility index (Phi) is 5.62. The van der Waals surface area contributed by atoms with Gasteiger partial charge in [-0.15, -0.1) is 0 Å². The normalized spacial score (nSPS) is 11.1. The maximum absolute atomic E-state index is 11.7. The fraction of sp³-hybridized carbons (Fsp3) is 0.538. The number of rotatable bonds is 4. The monoisotopic (exact) mass is 346 g/mol. The van der Waals surface area contributed by atoms with Crippen LogP contribution in [0.5, 0.6) is 0 Å². The van der Waals surface area contributed by atoms with Crippen LogP contribution in [0.2, 0.25) is 0 Å². The van der Waals surface area contributed by atoms with E-state index in [9.17, 15) is 9.59 Å². The Hall–Kier alpha value is -1.50. The third-order valence-electron chi connectivity index (χ3n) is 2.26. The standard InChI is InChI=1S/C13H19BrN2O4/c1-13(2,3)20-12(18)16(4)7-6-15-11(17)10-9(14)5-8-19-10/h5,8H,6-7H2,1-4H3,(H,15,17). The molecule has 1 heterocycles. The van der Waals surface area contributed by atoms with Crippen LogP contribution in [-0.4, -0.2) is 42.6 Å². The molecule has 1 N–H and O–H groups in total. The number of hydrogen-bond donors (Lipinski definition) is 1. The van der Waals surface area contributed by atoms with Gasteiger partial charge in [0.05, 0.1) is 10.7 Å². The van der Waals surface area contributed by atoms with E-state index in [2.05, 4.69) is 21.2 Å². The molecule has 0 bridgehead atoms. The number of ether oxygens (including phenoxy) is 1. The minimum atomic E-state index is -0.534. The second-order valence-corrected chi connectivity index (χ2v) is 6.11. The second-order valence-electron chi connectivity index (χ2n) is 5.26. The first-order chi connectivity index (χ1) is 9.20. The van der Waals surface area contributed by atoms with Gasteiger partial charge in [-0.1, -0.05) is 0 Å². The van der Waals surface area contributed by atoms with Crippen molar-refractivity contribution in [3.8, 4) is 0 Å². The Morgan fingerprint density at radius 2 is 2.10 bits per heavy atom. The van der Waals surface area contributed by atoms with E-state index in [1.165, 1.54) is 11.2 Å². The molecule has 7 heteroatoms. The Labute approximate surface area is 126 Å². The summed E-state index contributed by atoms with van der Waals surface area (Å²) in [6.45, 7) is 6.06. The van der Waals surface area contributed by atoms with Crippen LogP contribution in [0.25, 0.3) is 0 Å². The van der Waals surface area contributed by atoms with Gasteiger partial charge in [0, 0.05) is 20.1 Å². The van der Waals surface area contributed by atoms with Gasteiger partial charge in [0.1, 0.15) is 5.60 Å². The topological polar surface area (TPSA) is 71.8 Å². The summed E-state index contributed by atoms with van der Waals surface area (Å²) in [5.74, 6) is -0.121. The number of carbonyl (C=O) groups excluding carboxylic acids is 2. The van der Waals surface area contributed by atoms with Crippen molar-refractivity contribution >= 4 is 27.9 Å².